The molecule has 0 aromatic carbocycles. The first-order valence-corrected chi connectivity index (χ1v) is 2.33. The maximum absolute atomic E-state index is 4.93. The SMILES string of the molecule is CCOC1COO1. The summed E-state index contributed by atoms with van der Waals surface area (Å²) in [5.74, 6) is 0. The van der Waals surface area contributed by atoms with Crippen LogP contribution in [0.2, 0.25) is 0 Å². The van der Waals surface area contributed by atoms with Gasteiger partial charge >= 0.3 is 0 Å². The summed E-state index contributed by atoms with van der Waals surface area (Å²) in [5.41, 5.74) is 0. The third-order valence-electron chi connectivity index (χ3n) is 0.732. The Morgan fingerprint density at radius 1 is 1.86 bits per heavy atom. The van der Waals surface area contributed by atoms with Crippen molar-refractivity contribution >= 4 is 0 Å². The highest BCUT2D eigenvalue weighted by Crippen LogP contribution is 2.06. The Balaban J connectivity index is 1.93. The van der Waals surface area contributed by atoms with Crippen molar-refractivity contribution in [2.75, 3.05) is 13.2 Å². The van der Waals surface area contributed by atoms with E-state index in [1.54, 1.807) is 0 Å². The lowest BCUT2D eigenvalue weighted by atomic mass is 10.6. The molecular weight excluding hydrogens is 96.0 g/mol. The van der Waals surface area contributed by atoms with E-state index in [2.05, 4.69) is 9.78 Å². The van der Waals surface area contributed by atoms with Gasteiger partial charge in [-0.2, -0.15) is 0 Å². The minimum absolute atomic E-state index is 0.0926. The smallest absolute Gasteiger partial charge is 0.218 e. The maximum Gasteiger partial charge on any atom is 0.218 e. The summed E-state index contributed by atoms with van der Waals surface area (Å²) in [6.07, 6.45) is -0.0926. The van der Waals surface area contributed by atoms with Gasteiger partial charge in [-0.15, -0.1) is 0 Å². The van der Waals surface area contributed by atoms with Gasteiger partial charge in [-0.05, 0) is 6.92 Å². The predicted octanol–water partition coefficient (Wildman–Crippen LogP) is 0.311. The van der Waals surface area contributed by atoms with Crippen molar-refractivity contribution < 1.29 is 14.5 Å². The summed E-state index contributed by atoms with van der Waals surface area (Å²) in [6.45, 7) is 3.18. The van der Waals surface area contributed by atoms with E-state index < -0.39 is 0 Å². The molecule has 3 heteroatoms. The fourth-order valence-electron chi connectivity index (χ4n) is 0.385. The van der Waals surface area contributed by atoms with Gasteiger partial charge < -0.3 is 4.74 Å². The van der Waals surface area contributed by atoms with Gasteiger partial charge in [0.05, 0.1) is 0 Å². The Kier molecular flexibility index (Phi) is 1.62. The molecule has 0 radical (unpaired) electrons. The number of hydrogen-bond donors (Lipinski definition) is 0. The number of rotatable bonds is 2. The molecule has 1 rings (SSSR count). The lowest BCUT2D eigenvalue weighted by molar-refractivity contribution is -0.481. The fourth-order valence-corrected chi connectivity index (χ4v) is 0.385. The molecule has 0 aliphatic carbocycles. The van der Waals surface area contributed by atoms with Gasteiger partial charge in [-0.3, -0.25) is 0 Å². The summed E-state index contributed by atoms with van der Waals surface area (Å²) in [6, 6.07) is 0. The molecule has 1 aliphatic rings. The third-order valence-corrected chi connectivity index (χ3v) is 0.732. The molecule has 1 unspecified atom stereocenters. The minimum atomic E-state index is -0.0926. The van der Waals surface area contributed by atoms with Crippen LogP contribution in [0.5, 0.6) is 0 Å². The Morgan fingerprint density at radius 2 is 2.57 bits per heavy atom. The molecule has 0 amide bonds. The van der Waals surface area contributed by atoms with Crippen molar-refractivity contribution in [3.05, 3.63) is 0 Å². The van der Waals surface area contributed by atoms with Gasteiger partial charge in [0.1, 0.15) is 6.61 Å². The quantitative estimate of drug-likeness (QED) is 0.472. The van der Waals surface area contributed by atoms with Crippen molar-refractivity contribution in [2.24, 2.45) is 0 Å². The van der Waals surface area contributed by atoms with Gasteiger partial charge in [0.2, 0.25) is 6.29 Å². The normalized spacial score (nSPS) is 29.6. The highest BCUT2D eigenvalue weighted by molar-refractivity contribution is 4.40. The second-order valence-electron chi connectivity index (χ2n) is 1.27. The standard InChI is InChI=1S/C4H8O3/c1-2-5-4-3-6-7-4/h4H,2-3H2,1H3. The number of hydrogen-bond acceptors (Lipinski definition) is 3. The van der Waals surface area contributed by atoms with Crippen molar-refractivity contribution in [1.82, 2.24) is 0 Å². The lowest BCUT2D eigenvalue weighted by Crippen LogP contribution is -2.33. The van der Waals surface area contributed by atoms with Crippen molar-refractivity contribution in [1.29, 1.82) is 0 Å². The average molecular weight is 104 g/mol. The van der Waals surface area contributed by atoms with Crippen LogP contribution in [0.1, 0.15) is 6.92 Å². The summed E-state index contributed by atoms with van der Waals surface area (Å²) in [7, 11) is 0. The van der Waals surface area contributed by atoms with E-state index in [0.29, 0.717) is 13.2 Å². The minimum Gasteiger partial charge on any atom is -0.348 e. The van der Waals surface area contributed by atoms with Crippen LogP contribution in [0.25, 0.3) is 0 Å². The van der Waals surface area contributed by atoms with E-state index in [1.165, 1.54) is 0 Å². The predicted molar refractivity (Wildman–Crippen MR) is 22.5 cm³/mol. The Morgan fingerprint density at radius 3 is 2.71 bits per heavy atom. The first-order chi connectivity index (χ1) is 3.43. The fraction of sp³-hybridized carbons (Fsp3) is 1.00. The first-order valence-electron chi connectivity index (χ1n) is 2.33. The van der Waals surface area contributed by atoms with Crippen LogP contribution in [-0.4, -0.2) is 19.5 Å². The first kappa shape index (κ1) is 5.03. The van der Waals surface area contributed by atoms with Crippen molar-refractivity contribution in [3.63, 3.8) is 0 Å². The zero-order valence-electron chi connectivity index (χ0n) is 4.22. The maximum atomic E-state index is 4.93. The van der Waals surface area contributed by atoms with Crippen LogP contribution >= 0.6 is 0 Å². The van der Waals surface area contributed by atoms with E-state index in [1.807, 2.05) is 6.92 Å². The molecule has 1 aliphatic heterocycles. The monoisotopic (exact) mass is 104 g/mol. The molecule has 0 spiro atoms. The highest BCUT2D eigenvalue weighted by atomic mass is 17.3. The Hall–Kier alpha value is -0.120. The topological polar surface area (TPSA) is 27.7 Å². The average Bonchev–Trinajstić information content (AvgIpc) is 1.55. The third kappa shape index (κ3) is 1.12. The Bertz CT molecular complexity index is 50.9. The molecule has 0 N–H and O–H groups in total. The van der Waals surface area contributed by atoms with Gasteiger partial charge in [0.15, 0.2) is 0 Å². The molecule has 3 nitrogen and oxygen atoms in total. The van der Waals surface area contributed by atoms with E-state index in [0.717, 1.165) is 0 Å². The second kappa shape index (κ2) is 2.26. The van der Waals surface area contributed by atoms with Gasteiger partial charge in [0, 0.05) is 6.61 Å². The van der Waals surface area contributed by atoms with Crippen LogP contribution in [0, 0.1) is 0 Å². The second-order valence-corrected chi connectivity index (χ2v) is 1.27. The molecule has 42 valence electrons. The van der Waals surface area contributed by atoms with E-state index in [-0.39, 0.29) is 6.29 Å². The summed E-state index contributed by atoms with van der Waals surface area (Å²) in [4.78, 5) is 8.81. The summed E-state index contributed by atoms with van der Waals surface area (Å²) < 4.78 is 4.93. The molecule has 1 heterocycles. The van der Waals surface area contributed by atoms with Crippen molar-refractivity contribution in [3.8, 4) is 0 Å². The van der Waals surface area contributed by atoms with E-state index in [9.17, 15) is 0 Å². The molecule has 0 bridgehead atoms. The molecule has 1 saturated heterocycles. The summed E-state index contributed by atoms with van der Waals surface area (Å²) in [5, 5.41) is 0. The molecule has 1 fully saturated rings. The molecule has 0 aromatic rings. The zero-order valence-corrected chi connectivity index (χ0v) is 4.22. The zero-order chi connectivity index (χ0) is 5.11. The lowest BCUT2D eigenvalue weighted by Gasteiger charge is -2.23. The molecule has 7 heavy (non-hydrogen) atoms. The van der Waals surface area contributed by atoms with Gasteiger partial charge in [-0.1, -0.05) is 0 Å². The van der Waals surface area contributed by atoms with Gasteiger partial charge in [-0.25, -0.2) is 9.78 Å². The van der Waals surface area contributed by atoms with Crippen LogP contribution < -0.4 is 0 Å². The molecular formula is C4H8O3. The highest BCUT2D eigenvalue weighted by Gasteiger charge is 2.19. The van der Waals surface area contributed by atoms with Crippen LogP contribution in [0.3, 0.4) is 0 Å². The number of ether oxygens (including phenoxy) is 1. The molecule has 0 aromatic heterocycles. The van der Waals surface area contributed by atoms with E-state index in [4.69, 9.17) is 4.74 Å². The molecule has 0 saturated carbocycles. The Labute approximate surface area is 42.1 Å². The van der Waals surface area contributed by atoms with Crippen LogP contribution in [0.4, 0.5) is 0 Å². The largest absolute Gasteiger partial charge is 0.348 e. The van der Waals surface area contributed by atoms with Crippen LogP contribution in [0.15, 0.2) is 0 Å². The van der Waals surface area contributed by atoms with Crippen molar-refractivity contribution in [2.45, 2.75) is 13.2 Å². The molecule has 1 atom stereocenters. The summed E-state index contributed by atoms with van der Waals surface area (Å²) >= 11 is 0. The van der Waals surface area contributed by atoms with Gasteiger partial charge in [0.25, 0.3) is 0 Å². The van der Waals surface area contributed by atoms with Crippen LogP contribution in [-0.2, 0) is 14.5 Å². The van der Waals surface area contributed by atoms with E-state index >= 15 is 0 Å².